The number of carbonyl (C=O) groups is 1. The van der Waals surface area contributed by atoms with E-state index >= 15 is 0 Å². The summed E-state index contributed by atoms with van der Waals surface area (Å²) in [5, 5.41) is 8.36. The molecule has 1 aromatic carbocycles. The van der Waals surface area contributed by atoms with Crippen LogP contribution in [0.15, 0.2) is 55.4 Å². The predicted octanol–water partition coefficient (Wildman–Crippen LogP) is 1.83. The minimum Gasteiger partial charge on any atom is -0.334 e. The quantitative estimate of drug-likeness (QED) is 0.713. The third-order valence-corrected chi connectivity index (χ3v) is 4.61. The van der Waals surface area contributed by atoms with Crippen LogP contribution in [0.4, 0.5) is 0 Å². The number of hydrogen-bond donors (Lipinski definition) is 0. The molecule has 1 atom stereocenters. The number of aromatic nitrogens is 5. The third kappa shape index (κ3) is 3.45. The summed E-state index contributed by atoms with van der Waals surface area (Å²) in [6.07, 6.45) is 8.99. The SMILES string of the molecule is O=C(c1ccc(Cn2cncn2)cc1)N1CCC[C@@H]1Cn1cccn1. The van der Waals surface area contributed by atoms with Crippen LogP contribution in [0.2, 0.25) is 0 Å². The molecule has 1 amide bonds. The second-order valence-electron chi connectivity index (χ2n) is 6.31. The summed E-state index contributed by atoms with van der Waals surface area (Å²) in [5.74, 6) is 0.0990. The smallest absolute Gasteiger partial charge is 0.254 e. The van der Waals surface area contributed by atoms with Crippen LogP contribution in [0.3, 0.4) is 0 Å². The fourth-order valence-corrected chi connectivity index (χ4v) is 3.34. The molecule has 3 heterocycles. The molecule has 25 heavy (non-hydrogen) atoms. The van der Waals surface area contributed by atoms with Crippen LogP contribution in [0, 0.1) is 0 Å². The van der Waals surface area contributed by atoms with Crippen molar-refractivity contribution in [1.82, 2.24) is 29.4 Å². The van der Waals surface area contributed by atoms with Gasteiger partial charge in [-0.25, -0.2) is 9.67 Å². The van der Waals surface area contributed by atoms with Gasteiger partial charge in [-0.1, -0.05) is 12.1 Å². The first-order valence-corrected chi connectivity index (χ1v) is 8.49. The van der Waals surface area contributed by atoms with Gasteiger partial charge < -0.3 is 4.90 Å². The molecule has 1 aliphatic heterocycles. The number of rotatable bonds is 5. The minimum atomic E-state index is 0.0990. The van der Waals surface area contributed by atoms with Gasteiger partial charge in [-0.05, 0) is 36.6 Å². The zero-order valence-corrected chi connectivity index (χ0v) is 13.9. The van der Waals surface area contributed by atoms with Gasteiger partial charge in [-0.15, -0.1) is 0 Å². The molecule has 0 saturated carbocycles. The first-order valence-electron chi connectivity index (χ1n) is 8.49. The van der Waals surface area contributed by atoms with Crippen molar-refractivity contribution in [3.8, 4) is 0 Å². The van der Waals surface area contributed by atoms with E-state index in [4.69, 9.17) is 0 Å². The van der Waals surface area contributed by atoms with Crippen molar-refractivity contribution in [1.29, 1.82) is 0 Å². The van der Waals surface area contributed by atoms with Crippen LogP contribution in [0.1, 0.15) is 28.8 Å². The molecule has 0 N–H and O–H groups in total. The van der Waals surface area contributed by atoms with Crippen LogP contribution in [-0.4, -0.2) is 47.9 Å². The van der Waals surface area contributed by atoms with E-state index in [-0.39, 0.29) is 11.9 Å². The molecule has 4 rings (SSSR count). The van der Waals surface area contributed by atoms with E-state index < -0.39 is 0 Å². The Hall–Kier alpha value is -2.96. The number of hydrogen-bond acceptors (Lipinski definition) is 4. The molecule has 0 spiro atoms. The molecule has 0 unspecified atom stereocenters. The second kappa shape index (κ2) is 6.88. The fraction of sp³-hybridized carbons (Fsp3) is 0.333. The molecular formula is C18H20N6O. The maximum Gasteiger partial charge on any atom is 0.254 e. The van der Waals surface area contributed by atoms with Crippen LogP contribution in [-0.2, 0) is 13.1 Å². The van der Waals surface area contributed by atoms with E-state index in [1.807, 2.05) is 46.1 Å². The first-order chi connectivity index (χ1) is 12.3. The van der Waals surface area contributed by atoms with Gasteiger partial charge >= 0.3 is 0 Å². The Balaban J connectivity index is 1.44. The van der Waals surface area contributed by atoms with Crippen molar-refractivity contribution in [3.63, 3.8) is 0 Å². The van der Waals surface area contributed by atoms with Gasteiger partial charge in [0.15, 0.2) is 0 Å². The summed E-state index contributed by atoms with van der Waals surface area (Å²) in [7, 11) is 0. The van der Waals surface area contributed by atoms with Crippen LogP contribution >= 0.6 is 0 Å². The van der Waals surface area contributed by atoms with Crippen molar-refractivity contribution in [2.24, 2.45) is 0 Å². The maximum absolute atomic E-state index is 12.9. The van der Waals surface area contributed by atoms with E-state index in [0.717, 1.165) is 37.1 Å². The van der Waals surface area contributed by atoms with E-state index in [0.29, 0.717) is 6.54 Å². The Morgan fingerprint density at radius 3 is 2.76 bits per heavy atom. The zero-order chi connectivity index (χ0) is 17.1. The molecular weight excluding hydrogens is 316 g/mol. The predicted molar refractivity (Wildman–Crippen MR) is 91.9 cm³/mol. The topological polar surface area (TPSA) is 68.8 Å². The minimum absolute atomic E-state index is 0.0990. The van der Waals surface area contributed by atoms with Crippen LogP contribution < -0.4 is 0 Å². The molecule has 0 aliphatic carbocycles. The second-order valence-corrected chi connectivity index (χ2v) is 6.31. The third-order valence-electron chi connectivity index (χ3n) is 4.61. The average molecular weight is 336 g/mol. The van der Waals surface area contributed by atoms with Crippen LogP contribution in [0.25, 0.3) is 0 Å². The number of benzene rings is 1. The molecule has 0 bridgehead atoms. The molecule has 1 aliphatic rings. The summed E-state index contributed by atoms with van der Waals surface area (Å²) in [6.45, 7) is 2.22. The lowest BCUT2D eigenvalue weighted by molar-refractivity contribution is 0.0721. The van der Waals surface area contributed by atoms with Crippen molar-refractivity contribution < 1.29 is 4.79 Å². The van der Waals surface area contributed by atoms with E-state index in [1.165, 1.54) is 6.33 Å². The molecule has 7 nitrogen and oxygen atoms in total. The highest BCUT2D eigenvalue weighted by molar-refractivity contribution is 5.94. The monoisotopic (exact) mass is 336 g/mol. The molecule has 2 aromatic heterocycles. The van der Waals surface area contributed by atoms with E-state index in [9.17, 15) is 4.79 Å². The van der Waals surface area contributed by atoms with Gasteiger partial charge in [-0.2, -0.15) is 10.2 Å². The standard InChI is InChI=1S/C18H20N6O/c25-18(24-10-1-3-17(24)12-22-9-2-8-20-22)16-6-4-15(5-7-16)11-23-14-19-13-21-23/h2,4-9,13-14,17H,1,3,10-12H2/t17-/m1/s1. The van der Waals surface area contributed by atoms with Gasteiger partial charge in [-0.3, -0.25) is 9.48 Å². The fourth-order valence-electron chi connectivity index (χ4n) is 3.34. The molecule has 1 fully saturated rings. The molecule has 7 heteroatoms. The molecule has 1 saturated heterocycles. The number of amides is 1. The lowest BCUT2D eigenvalue weighted by Crippen LogP contribution is -2.38. The normalized spacial score (nSPS) is 17.1. The Morgan fingerprint density at radius 2 is 2.04 bits per heavy atom. The number of nitrogens with zero attached hydrogens (tertiary/aromatic N) is 6. The first kappa shape index (κ1) is 15.6. The molecule has 3 aromatic rings. The van der Waals surface area contributed by atoms with Crippen LogP contribution in [0.5, 0.6) is 0 Å². The van der Waals surface area contributed by atoms with Crippen molar-refractivity contribution in [2.75, 3.05) is 6.54 Å². The lowest BCUT2D eigenvalue weighted by Gasteiger charge is -2.25. The van der Waals surface area contributed by atoms with E-state index in [2.05, 4.69) is 15.2 Å². The van der Waals surface area contributed by atoms with Crippen molar-refractivity contribution >= 4 is 5.91 Å². The van der Waals surface area contributed by atoms with Gasteiger partial charge in [0.25, 0.3) is 5.91 Å². The van der Waals surface area contributed by atoms with Crippen molar-refractivity contribution in [2.45, 2.75) is 32.0 Å². The summed E-state index contributed by atoms with van der Waals surface area (Å²) >= 11 is 0. The summed E-state index contributed by atoms with van der Waals surface area (Å²) in [5.41, 5.74) is 1.83. The van der Waals surface area contributed by atoms with Gasteiger partial charge in [0.1, 0.15) is 12.7 Å². The maximum atomic E-state index is 12.9. The summed E-state index contributed by atoms with van der Waals surface area (Å²) in [4.78, 5) is 18.8. The zero-order valence-electron chi connectivity index (χ0n) is 13.9. The highest BCUT2D eigenvalue weighted by Crippen LogP contribution is 2.21. The van der Waals surface area contributed by atoms with Gasteiger partial charge in [0, 0.05) is 24.5 Å². The average Bonchev–Trinajstić information content (AvgIpc) is 3.38. The van der Waals surface area contributed by atoms with Gasteiger partial charge in [0.2, 0.25) is 0 Å². The number of likely N-dealkylation sites (tertiary alicyclic amines) is 1. The Kier molecular flexibility index (Phi) is 4.28. The Morgan fingerprint density at radius 1 is 1.16 bits per heavy atom. The van der Waals surface area contributed by atoms with Crippen molar-refractivity contribution in [3.05, 3.63) is 66.5 Å². The highest BCUT2D eigenvalue weighted by Gasteiger charge is 2.29. The summed E-state index contributed by atoms with van der Waals surface area (Å²) < 4.78 is 3.66. The number of carbonyl (C=O) groups excluding carboxylic acids is 1. The molecule has 0 radical (unpaired) electrons. The van der Waals surface area contributed by atoms with E-state index in [1.54, 1.807) is 17.2 Å². The largest absolute Gasteiger partial charge is 0.334 e. The summed E-state index contributed by atoms with van der Waals surface area (Å²) in [6, 6.07) is 9.88. The lowest BCUT2D eigenvalue weighted by atomic mass is 10.1. The van der Waals surface area contributed by atoms with Gasteiger partial charge in [0.05, 0.1) is 19.1 Å². The highest BCUT2D eigenvalue weighted by atomic mass is 16.2. The Bertz CT molecular complexity index is 810. The Labute approximate surface area is 145 Å². The molecule has 128 valence electrons.